The minimum atomic E-state index is -3.97. The van der Waals surface area contributed by atoms with Crippen molar-refractivity contribution in [1.29, 1.82) is 0 Å². The molecule has 0 radical (unpaired) electrons. The second-order valence-electron chi connectivity index (χ2n) is 4.83. The summed E-state index contributed by atoms with van der Waals surface area (Å²) >= 11 is 0. The van der Waals surface area contributed by atoms with E-state index in [4.69, 9.17) is 10.6 Å². The SMILES string of the molecule is NCCN(OCc1ccccc1)S(=O)(=O)c1ccc([N+](=O)[O-])cc1. The van der Waals surface area contributed by atoms with Crippen LogP contribution >= 0.6 is 0 Å². The van der Waals surface area contributed by atoms with Gasteiger partial charge in [-0.15, -0.1) is 0 Å². The van der Waals surface area contributed by atoms with E-state index in [2.05, 4.69) is 0 Å². The first-order valence-corrected chi connectivity index (χ1v) is 8.53. The van der Waals surface area contributed by atoms with E-state index in [1.807, 2.05) is 18.2 Å². The molecule has 0 fully saturated rings. The summed E-state index contributed by atoms with van der Waals surface area (Å²) in [6.07, 6.45) is 0. The summed E-state index contributed by atoms with van der Waals surface area (Å²) in [6, 6.07) is 13.7. The van der Waals surface area contributed by atoms with E-state index in [-0.39, 0.29) is 30.3 Å². The predicted octanol–water partition coefficient (Wildman–Crippen LogP) is 1.68. The number of nitrogens with zero attached hydrogens (tertiary/aromatic N) is 2. The summed E-state index contributed by atoms with van der Waals surface area (Å²) in [5.41, 5.74) is 6.08. The van der Waals surface area contributed by atoms with Gasteiger partial charge >= 0.3 is 0 Å². The van der Waals surface area contributed by atoms with Crippen molar-refractivity contribution in [1.82, 2.24) is 4.47 Å². The lowest BCUT2D eigenvalue weighted by atomic mass is 10.2. The van der Waals surface area contributed by atoms with Gasteiger partial charge in [0, 0.05) is 18.7 Å². The fraction of sp³-hybridized carbons (Fsp3) is 0.200. The molecular weight excluding hydrogens is 334 g/mol. The van der Waals surface area contributed by atoms with E-state index in [0.717, 1.165) is 22.2 Å². The first-order valence-electron chi connectivity index (χ1n) is 7.09. The zero-order valence-electron chi connectivity index (χ0n) is 12.7. The van der Waals surface area contributed by atoms with Gasteiger partial charge in [-0.25, -0.2) is 8.42 Å². The maximum atomic E-state index is 12.6. The van der Waals surface area contributed by atoms with E-state index in [0.29, 0.717) is 0 Å². The van der Waals surface area contributed by atoms with Crippen LogP contribution in [0.25, 0.3) is 0 Å². The lowest BCUT2D eigenvalue weighted by molar-refractivity contribution is -0.384. The van der Waals surface area contributed by atoms with Crippen molar-refractivity contribution in [2.75, 3.05) is 13.1 Å². The highest BCUT2D eigenvalue weighted by atomic mass is 32.2. The molecule has 0 aliphatic carbocycles. The fourth-order valence-electron chi connectivity index (χ4n) is 1.94. The quantitative estimate of drug-likeness (QED) is 0.571. The summed E-state index contributed by atoms with van der Waals surface area (Å²) in [5.74, 6) is 0. The minimum absolute atomic E-state index is 0.0356. The molecule has 128 valence electrons. The number of rotatable bonds is 8. The summed E-state index contributed by atoms with van der Waals surface area (Å²) in [4.78, 5) is 15.4. The number of nitro groups is 1. The van der Waals surface area contributed by atoms with Crippen LogP contribution in [0.5, 0.6) is 0 Å². The molecule has 2 rings (SSSR count). The second-order valence-corrected chi connectivity index (χ2v) is 6.66. The minimum Gasteiger partial charge on any atom is -0.329 e. The molecule has 0 aliphatic heterocycles. The van der Waals surface area contributed by atoms with Crippen molar-refractivity contribution in [3.05, 3.63) is 70.3 Å². The Balaban J connectivity index is 2.19. The Labute approximate surface area is 139 Å². The summed E-state index contributed by atoms with van der Waals surface area (Å²) in [5, 5.41) is 10.7. The van der Waals surface area contributed by atoms with Crippen molar-refractivity contribution in [2.24, 2.45) is 5.73 Å². The van der Waals surface area contributed by atoms with Gasteiger partial charge in [0.05, 0.1) is 23.0 Å². The summed E-state index contributed by atoms with van der Waals surface area (Å²) in [7, 11) is -3.97. The van der Waals surface area contributed by atoms with E-state index in [1.54, 1.807) is 12.1 Å². The molecule has 0 unspecified atom stereocenters. The number of non-ortho nitro benzene ring substituents is 1. The number of sulfonamides is 1. The molecule has 0 saturated carbocycles. The predicted molar refractivity (Wildman–Crippen MR) is 87.3 cm³/mol. The highest BCUT2D eigenvalue weighted by Crippen LogP contribution is 2.20. The van der Waals surface area contributed by atoms with Crippen LogP contribution in [0.3, 0.4) is 0 Å². The number of hydrogen-bond donors (Lipinski definition) is 1. The van der Waals surface area contributed by atoms with Gasteiger partial charge in [0.1, 0.15) is 0 Å². The molecule has 0 spiro atoms. The van der Waals surface area contributed by atoms with E-state index >= 15 is 0 Å². The number of hydroxylamine groups is 1. The Morgan fingerprint density at radius 3 is 2.25 bits per heavy atom. The van der Waals surface area contributed by atoms with E-state index in [1.165, 1.54) is 12.1 Å². The van der Waals surface area contributed by atoms with Crippen molar-refractivity contribution in [3.63, 3.8) is 0 Å². The van der Waals surface area contributed by atoms with Crippen LogP contribution in [-0.2, 0) is 21.5 Å². The van der Waals surface area contributed by atoms with Crippen LogP contribution in [-0.4, -0.2) is 30.9 Å². The number of benzene rings is 2. The van der Waals surface area contributed by atoms with Gasteiger partial charge < -0.3 is 5.73 Å². The highest BCUT2D eigenvalue weighted by molar-refractivity contribution is 7.89. The third-order valence-corrected chi connectivity index (χ3v) is 4.84. The Morgan fingerprint density at radius 1 is 1.08 bits per heavy atom. The highest BCUT2D eigenvalue weighted by Gasteiger charge is 2.25. The smallest absolute Gasteiger partial charge is 0.269 e. The molecule has 0 saturated heterocycles. The van der Waals surface area contributed by atoms with Gasteiger partial charge in [-0.05, 0) is 17.7 Å². The zero-order valence-corrected chi connectivity index (χ0v) is 13.6. The van der Waals surface area contributed by atoms with E-state index in [9.17, 15) is 18.5 Å². The van der Waals surface area contributed by atoms with Crippen molar-refractivity contribution < 1.29 is 18.2 Å². The first-order chi connectivity index (χ1) is 11.4. The first kappa shape index (κ1) is 18.0. The molecule has 2 N–H and O–H groups in total. The second kappa shape index (κ2) is 7.97. The molecule has 0 aliphatic rings. The Kier molecular flexibility index (Phi) is 5.99. The molecule has 0 heterocycles. The monoisotopic (exact) mass is 351 g/mol. The number of nitrogens with two attached hydrogens (primary N) is 1. The molecule has 0 bridgehead atoms. The van der Waals surface area contributed by atoms with Crippen LogP contribution in [0.4, 0.5) is 5.69 Å². The van der Waals surface area contributed by atoms with Gasteiger partial charge in [0.15, 0.2) is 0 Å². The van der Waals surface area contributed by atoms with Gasteiger partial charge in [0.2, 0.25) is 0 Å². The van der Waals surface area contributed by atoms with Gasteiger partial charge in [-0.2, -0.15) is 0 Å². The molecule has 0 aromatic heterocycles. The molecular formula is C15H17N3O5S. The maximum Gasteiger partial charge on any atom is 0.269 e. The number of nitro benzene ring substituents is 1. The summed E-state index contributed by atoms with van der Waals surface area (Å²) < 4.78 is 26.0. The van der Waals surface area contributed by atoms with E-state index < -0.39 is 14.9 Å². The fourth-order valence-corrected chi connectivity index (χ4v) is 3.19. The molecule has 0 atom stereocenters. The van der Waals surface area contributed by atoms with Gasteiger partial charge in [0.25, 0.3) is 15.7 Å². The largest absolute Gasteiger partial charge is 0.329 e. The Bertz CT molecular complexity index is 779. The average Bonchev–Trinajstić information content (AvgIpc) is 2.59. The zero-order chi connectivity index (χ0) is 17.6. The van der Waals surface area contributed by atoms with Crippen molar-refractivity contribution in [3.8, 4) is 0 Å². The lowest BCUT2D eigenvalue weighted by Crippen LogP contribution is -2.35. The average molecular weight is 351 g/mol. The van der Waals surface area contributed by atoms with Crippen LogP contribution in [0.15, 0.2) is 59.5 Å². The molecule has 0 amide bonds. The third-order valence-electron chi connectivity index (χ3n) is 3.14. The normalized spacial score (nSPS) is 11.6. The van der Waals surface area contributed by atoms with Crippen LogP contribution in [0, 0.1) is 10.1 Å². The Hall–Kier alpha value is -2.33. The van der Waals surface area contributed by atoms with Crippen LogP contribution in [0.1, 0.15) is 5.56 Å². The third kappa shape index (κ3) is 4.36. The Morgan fingerprint density at radius 2 is 1.71 bits per heavy atom. The molecule has 8 nitrogen and oxygen atoms in total. The van der Waals surface area contributed by atoms with Gasteiger partial charge in [-0.3, -0.25) is 15.0 Å². The van der Waals surface area contributed by atoms with Gasteiger partial charge in [-0.1, -0.05) is 34.8 Å². The topological polar surface area (TPSA) is 116 Å². The van der Waals surface area contributed by atoms with Crippen molar-refractivity contribution in [2.45, 2.75) is 11.5 Å². The maximum absolute atomic E-state index is 12.6. The van der Waals surface area contributed by atoms with Crippen LogP contribution in [0.2, 0.25) is 0 Å². The lowest BCUT2D eigenvalue weighted by Gasteiger charge is -2.21. The molecule has 2 aromatic rings. The summed E-state index contributed by atoms with van der Waals surface area (Å²) in [6.45, 7) is 0.0974. The molecule has 9 heteroatoms. The van der Waals surface area contributed by atoms with Crippen molar-refractivity contribution >= 4 is 15.7 Å². The molecule has 2 aromatic carbocycles. The molecule has 24 heavy (non-hydrogen) atoms. The standard InChI is InChI=1S/C15H17N3O5S/c16-10-11-17(23-12-13-4-2-1-3-5-13)24(21,22)15-8-6-14(7-9-15)18(19)20/h1-9H,10-12,16H2. The van der Waals surface area contributed by atoms with Crippen LogP contribution < -0.4 is 5.73 Å². The number of hydrogen-bond acceptors (Lipinski definition) is 6.